The van der Waals surface area contributed by atoms with Crippen LogP contribution < -0.4 is 14.8 Å². The first-order valence-electron chi connectivity index (χ1n) is 8.47. The summed E-state index contributed by atoms with van der Waals surface area (Å²) in [7, 11) is 1.47. The van der Waals surface area contributed by atoms with E-state index in [1.807, 2.05) is 0 Å². The lowest BCUT2D eigenvalue weighted by atomic mass is 10.1. The Bertz CT molecular complexity index is 997. The number of furan rings is 1. The largest absolute Gasteiger partial charge is 0.493 e. The predicted octanol–water partition coefficient (Wildman–Crippen LogP) is 3.28. The number of rotatable bonds is 7. The molecule has 0 atom stereocenters. The summed E-state index contributed by atoms with van der Waals surface area (Å²) in [4.78, 5) is 38.0. The molecule has 1 aliphatic rings. The topological polar surface area (TPSA) is 98.1 Å². The molecule has 1 saturated heterocycles. The summed E-state index contributed by atoms with van der Waals surface area (Å²) in [6, 6.07) is 5.75. The van der Waals surface area contributed by atoms with Crippen LogP contribution in [0.2, 0.25) is 0 Å². The summed E-state index contributed by atoms with van der Waals surface area (Å²) in [6.07, 6.45) is 4.41. The SMILES string of the molecule is C=CCOc1c(Br)cc(/C=C2\C(=O)NC(=O)N(Cc3ccco3)C2=O)cc1OC. The Morgan fingerprint density at radius 2 is 2.10 bits per heavy atom. The zero-order valence-electron chi connectivity index (χ0n) is 15.4. The van der Waals surface area contributed by atoms with Crippen molar-refractivity contribution >= 4 is 39.9 Å². The number of carbonyl (C=O) groups excluding carboxylic acids is 3. The van der Waals surface area contributed by atoms with Gasteiger partial charge in [-0.25, -0.2) is 4.79 Å². The number of methoxy groups -OCH3 is 1. The number of carbonyl (C=O) groups is 3. The van der Waals surface area contributed by atoms with E-state index in [9.17, 15) is 14.4 Å². The minimum absolute atomic E-state index is 0.0936. The number of amides is 4. The van der Waals surface area contributed by atoms with Crippen LogP contribution in [0.1, 0.15) is 11.3 Å². The van der Waals surface area contributed by atoms with Crippen molar-refractivity contribution < 1.29 is 28.3 Å². The predicted molar refractivity (Wildman–Crippen MR) is 107 cm³/mol. The molecule has 29 heavy (non-hydrogen) atoms. The fourth-order valence-corrected chi connectivity index (χ4v) is 3.24. The number of ether oxygens (including phenoxy) is 2. The maximum absolute atomic E-state index is 12.8. The van der Waals surface area contributed by atoms with E-state index in [-0.39, 0.29) is 18.7 Å². The normalized spacial score (nSPS) is 15.4. The molecule has 4 amide bonds. The number of barbiturate groups is 1. The van der Waals surface area contributed by atoms with Gasteiger partial charge in [-0.15, -0.1) is 0 Å². The van der Waals surface area contributed by atoms with Crippen molar-refractivity contribution in [3.05, 3.63) is 64.6 Å². The van der Waals surface area contributed by atoms with Gasteiger partial charge in [0, 0.05) is 0 Å². The minimum atomic E-state index is -0.805. The number of urea groups is 1. The molecule has 1 aromatic carbocycles. The van der Waals surface area contributed by atoms with Gasteiger partial charge in [-0.05, 0) is 51.8 Å². The smallest absolute Gasteiger partial charge is 0.331 e. The van der Waals surface area contributed by atoms with Gasteiger partial charge in [0.05, 0.1) is 24.4 Å². The second-order valence-corrected chi connectivity index (χ2v) is 6.78. The van der Waals surface area contributed by atoms with Gasteiger partial charge in [0.25, 0.3) is 11.8 Å². The third-order valence-electron chi connectivity index (χ3n) is 3.99. The standard InChI is InChI=1S/C20H17BrN2O6/c1-3-6-29-17-15(21)9-12(10-16(17)27-2)8-14-18(24)22-20(26)23(19(14)25)11-13-5-4-7-28-13/h3-5,7-10H,1,6,11H2,2H3,(H,22,24,26)/b14-8+. The Balaban J connectivity index is 1.94. The van der Waals surface area contributed by atoms with E-state index < -0.39 is 17.8 Å². The van der Waals surface area contributed by atoms with E-state index in [0.29, 0.717) is 27.3 Å². The molecule has 1 aromatic heterocycles. The lowest BCUT2D eigenvalue weighted by Crippen LogP contribution is -2.53. The first-order valence-corrected chi connectivity index (χ1v) is 9.26. The Morgan fingerprint density at radius 3 is 2.76 bits per heavy atom. The quantitative estimate of drug-likeness (QED) is 0.386. The zero-order chi connectivity index (χ0) is 21.0. The molecule has 8 nitrogen and oxygen atoms in total. The molecule has 0 unspecified atom stereocenters. The summed E-state index contributed by atoms with van der Waals surface area (Å²) >= 11 is 3.39. The number of hydrogen-bond donors (Lipinski definition) is 1. The van der Waals surface area contributed by atoms with Gasteiger partial charge >= 0.3 is 6.03 Å². The van der Waals surface area contributed by atoms with Gasteiger partial charge in [-0.1, -0.05) is 12.7 Å². The average molecular weight is 461 g/mol. The van der Waals surface area contributed by atoms with Gasteiger partial charge in [0.2, 0.25) is 0 Å². The minimum Gasteiger partial charge on any atom is -0.493 e. The number of nitrogens with one attached hydrogen (secondary N) is 1. The highest BCUT2D eigenvalue weighted by Gasteiger charge is 2.36. The summed E-state index contributed by atoms with van der Waals surface area (Å²) in [5, 5.41) is 2.16. The van der Waals surface area contributed by atoms with Crippen molar-refractivity contribution in [2.45, 2.75) is 6.54 Å². The molecule has 9 heteroatoms. The number of hydrogen-bond acceptors (Lipinski definition) is 6. The average Bonchev–Trinajstić information content (AvgIpc) is 3.20. The van der Waals surface area contributed by atoms with Crippen LogP contribution in [0.5, 0.6) is 11.5 Å². The molecule has 2 heterocycles. The number of halogens is 1. The van der Waals surface area contributed by atoms with Crippen LogP contribution >= 0.6 is 15.9 Å². The van der Waals surface area contributed by atoms with Crippen molar-refractivity contribution in [2.24, 2.45) is 0 Å². The monoisotopic (exact) mass is 460 g/mol. The van der Waals surface area contributed by atoms with Crippen molar-refractivity contribution in [2.75, 3.05) is 13.7 Å². The lowest BCUT2D eigenvalue weighted by molar-refractivity contribution is -0.130. The summed E-state index contributed by atoms with van der Waals surface area (Å²) in [5.41, 5.74) is 0.315. The van der Waals surface area contributed by atoms with Crippen molar-refractivity contribution in [1.82, 2.24) is 10.2 Å². The molecular weight excluding hydrogens is 444 g/mol. The maximum Gasteiger partial charge on any atom is 0.331 e. The Hall–Kier alpha value is -3.33. The lowest BCUT2D eigenvalue weighted by Gasteiger charge is -2.25. The van der Waals surface area contributed by atoms with E-state index >= 15 is 0 Å². The summed E-state index contributed by atoms with van der Waals surface area (Å²) in [5.74, 6) is -0.228. The van der Waals surface area contributed by atoms with E-state index in [4.69, 9.17) is 13.9 Å². The Morgan fingerprint density at radius 1 is 1.31 bits per heavy atom. The molecule has 3 rings (SSSR count). The third-order valence-corrected chi connectivity index (χ3v) is 4.58. The van der Waals surface area contributed by atoms with E-state index in [1.165, 1.54) is 19.4 Å². The molecule has 0 bridgehead atoms. The molecule has 0 radical (unpaired) electrons. The molecule has 2 aromatic rings. The van der Waals surface area contributed by atoms with Crippen molar-refractivity contribution in [3.8, 4) is 11.5 Å². The maximum atomic E-state index is 12.8. The number of imide groups is 2. The van der Waals surface area contributed by atoms with Crippen LogP contribution in [0, 0.1) is 0 Å². The van der Waals surface area contributed by atoms with Gasteiger partial charge < -0.3 is 13.9 Å². The highest BCUT2D eigenvalue weighted by atomic mass is 79.9. The molecule has 1 N–H and O–H groups in total. The number of nitrogens with zero attached hydrogens (tertiary/aromatic N) is 1. The van der Waals surface area contributed by atoms with Crippen LogP contribution in [-0.4, -0.2) is 36.5 Å². The second kappa shape index (κ2) is 8.78. The molecular formula is C20H17BrN2O6. The van der Waals surface area contributed by atoms with E-state index in [1.54, 1.807) is 30.3 Å². The van der Waals surface area contributed by atoms with Crippen LogP contribution in [0.4, 0.5) is 4.79 Å². The number of benzene rings is 1. The highest BCUT2D eigenvalue weighted by molar-refractivity contribution is 9.10. The Labute approximate surface area is 174 Å². The van der Waals surface area contributed by atoms with E-state index in [0.717, 1.165) is 4.90 Å². The zero-order valence-corrected chi connectivity index (χ0v) is 17.0. The summed E-state index contributed by atoms with van der Waals surface area (Å²) < 4.78 is 16.6. The Kier molecular flexibility index (Phi) is 6.18. The summed E-state index contributed by atoms with van der Waals surface area (Å²) in [6.45, 7) is 3.79. The van der Waals surface area contributed by atoms with Crippen molar-refractivity contribution in [1.29, 1.82) is 0 Å². The second-order valence-electron chi connectivity index (χ2n) is 5.92. The molecule has 1 aliphatic heterocycles. The van der Waals surface area contributed by atoms with Gasteiger partial charge in [0.1, 0.15) is 17.9 Å². The molecule has 150 valence electrons. The van der Waals surface area contributed by atoms with Crippen LogP contribution in [0.25, 0.3) is 6.08 Å². The van der Waals surface area contributed by atoms with Crippen LogP contribution in [0.15, 0.2) is 57.6 Å². The molecule has 0 spiro atoms. The van der Waals surface area contributed by atoms with E-state index in [2.05, 4.69) is 27.8 Å². The fourth-order valence-electron chi connectivity index (χ4n) is 2.67. The van der Waals surface area contributed by atoms with Crippen LogP contribution in [-0.2, 0) is 16.1 Å². The third kappa shape index (κ3) is 4.40. The first kappa shape index (κ1) is 20.4. The van der Waals surface area contributed by atoms with Gasteiger partial charge in [-0.2, -0.15) is 0 Å². The van der Waals surface area contributed by atoms with Crippen molar-refractivity contribution in [3.63, 3.8) is 0 Å². The molecule has 1 fully saturated rings. The molecule has 0 aliphatic carbocycles. The van der Waals surface area contributed by atoms with Gasteiger partial charge in [0.15, 0.2) is 11.5 Å². The fraction of sp³-hybridized carbons (Fsp3) is 0.150. The highest BCUT2D eigenvalue weighted by Crippen LogP contribution is 2.37. The molecule has 0 saturated carbocycles. The van der Waals surface area contributed by atoms with Crippen LogP contribution in [0.3, 0.4) is 0 Å². The van der Waals surface area contributed by atoms with Gasteiger partial charge in [-0.3, -0.25) is 19.8 Å². The first-order chi connectivity index (χ1) is 13.9.